The number of pyridine rings is 1. The Morgan fingerprint density at radius 1 is 1.00 bits per heavy atom. The third-order valence-electron chi connectivity index (χ3n) is 7.93. The molecule has 1 amide bonds. The predicted molar refractivity (Wildman–Crippen MR) is 152 cm³/mol. The van der Waals surface area contributed by atoms with Gasteiger partial charge in [-0.3, -0.25) is 14.2 Å². The number of nitrogens with zero attached hydrogens (tertiary/aromatic N) is 2. The number of aromatic nitrogens is 1. The average Bonchev–Trinajstić information content (AvgIpc) is 3.68. The third-order valence-corrected chi connectivity index (χ3v) is 9.97. The minimum absolute atomic E-state index is 0.0365. The second kappa shape index (κ2) is 12.0. The molecule has 10 nitrogen and oxygen atoms in total. The highest BCUT2D eigenvalue weighted by atomic mass is 32.2. The molecule has 2 aliphatic rings. The number of rotatable bonds is 11. The molecular weight excluding hydrogens is 546 g/mol. The van der Waals surface area contributed by atoms with E-state index in [0.29, 0.717) is 24.6 Å². The number of ether oxygens (including phenoxy) is 2. The van der Waals surface area contributed by atoms with E-state index in [0.717, 1.165) is 24.8 Å². The lowest BCUT2D eigenvalue weighted by Crippen LogP contribution is -2.48. The van der Waals surface area contributed by atoms with Crippen molar-refractivity contribution in [2.75, 3.05) is 6.54 Å². The molecule has 1 unspecified atom stereocenters. The topological polar surface area (TPSA) is 124 Å². The van der Waals surface area contributed by atoms with Crippen LogP contribution in [0.2, 0.25) is 0 Å². The first kappa shape index (κ1) is 28.8. The number of carbonyl (C=O) groups excluding carboxylic acids is 2. The summed E-state index contributed by atoms with van der Waals surface area (Å²) in [6.45, 7) is 2.18. The van der Waals surface area contributed by atoms with Crippen LogP contribution in [-0.2, 0) is 37.6 Å². The molecule has 1 aliphatic carbocycles. The quantitative estimate of drug-likeness (QED) is 0.264. The van der Waals surface area contributed by atoms with E-state index in [-0.39, 0.29) is 48.6 Å². The van der Waals surface area contributed by atoms with Crippen molar-refractivity contribution in [1.82, 2.24) is 14.2 Å². The second-order valence-electron chi connectivity index (χ2n) is 10.6. The van der Waals surface area contributed by atoms with Gasteiger partial charge in [-0.1, -0.05) is 56.2 Å². The van der Waals surface area contributed by atoms with Gasteiger partial charge in [-0.15, -0.1) is 0 Å². The van der Waals surface area contributed by atoms with E-state index in [1.807, 2.05) is 37.3 Å². The van der Waals surface area contributed by atoms with Crippen LogP contribution in [0.4, 0.5) is 4.79 Å². The molecule has 1 aromatic heterocycles. The average molecular weight is 582 g/mol. The Kier molecular flexibility index (Phi) is 8.46. The number of carbonyl (C=O) groups is 2. The van der Waals surface area contributed by atoms with Gasteiger partial charge in [0, 0.05) is 29.9 Å². The van der Waals surface area contributed by atoms with Crippen molar-refractivity contribution in [1.29, 1.82) is 0 Å². The van der Waals surface area contributed by atoms with E-state index in [1.54, 1.807) is 18.2 Å². The Morgan fingerprint density at radius 2 is 1.78 bits per heavy atom. The fourth-order valence-electron chi connectivity index (χ4n) is 5.58. The van der Waals surface area contributed by atoms with Crippen molar-refractivity contribution >= 4 is 32.9 Å². The Bertz CT molecular complexity index is 1580. The number of hydrogen-bond donors (Lipinski definition) is 1. The first-order chi connectivity index (χ1) is 19.8. The lowest BCUT2D eigenvalue weighted by molar-refractivity contribution is -0.147. The van der Waals surface area contributed by atoms with Crippen LogP contribution in [0.15, 0.2) is 70.5 Å². The maximum atomic E-state index is 14.0. The Balaban J connectivity index is 1.30. The van der Waals surface area contributed by atoms with E-state index < -0.39 is 27.2 Å². The van der Waals surface area contributed by atoms with Crippen molar-refractivity contribution in [3.05, 3.63) is 76.7 Å². The summed E-state index contributed by atoms with van der Waals surface area (Å²) in [6.07, 6.45) is 5.50. The molecule has 218 valence electrons. The highest BCUT2D eigenvalue weighted by molar-refractivity contribution is 7.89. The number of esters is 1. The molecular formula is C30H35N3O7S. The predicted octanol–water partition coefficient (Wildman–Crippen LogP) is 4.30. The monoisotopic (exact) mass is 581 g/mol. The normalized spacial score (nSPS) is 17.9. The van der Waals surface area contributed by atoms with Gasteiger partial charge in [-0.25, -0.2) is 13.2 Å². The van der Waals surface area contributed by atoms with E-state index >= 15 is 0 Å². The van der Waals surface area contributed by atoms with E-state index in [4.69, 9.17) is 9.47 Å². The molecule has 2 heterocycles. The minimum atomic E-state index is -3.99. The highest BCUT2D eigenvalue weighted by Gasteiger charge is 2.62. The van der Waals surface area contributed by atoms with Crippen LogP contribution < -0.4 is 10.9 Å². The van der Waals surface area contributed by atoms with E-state index in [1.165, 1.54) is 21.1 Å². The summed E-state index contributed by atoms with van der Waals surface area (Å²) in [6, 6.07) is 15.1. The van der Waals surface area contributed by atoms with Crippen molar-refractivity contribution in [2.24, 2.45) is 0 Å². The number of nitrogens with one attached hydrogen (secondary N) is 1. The first-order valence-electron chi connectivity index (χ1n) is 14.0. The molecule has 1 saturated carbocycles. The van der Waals surface area contributed by atoms with Crippen molar-refractivity contribution in [2.45, 2.75) is 81.7 Å². The van der Waals surface area contributed by atoms with Gasteiger partial charge in [0.25, 0.3) is 5.56 Å². The van der Waals surface area contributed by atoms with Gasteiger partial charge in [0.1, 0.15) is 6.61 Å². The Morgan fingerprint density at radius 3 is 2.51 bits per heavy atom. The second-order valence-corrected chi connectivity index (χ2v) is 12.5. The van der Waals surface area contributed by atoms with Crippen LogP contribution in [0.25, 0.3) is 10.8 Å². The number of sulfonamides is 1. The zero-order chi connectivity index (χ0) is 29.0. The molecule has 0 radical (unpaired) electrons. The number of fused-ring (bicyclic) bond motifs is 1. The Hall–Kier alpha value is -3.70. The maximum absolute atomic E-state index is 14.0. The number of benzene rings is 2. The number of alkyl carbamates (subject to hydrolysis) is 1. The summed E-state index contributed by atoms with van der Waals surface area (Å²) in [5, 5.41) is 3.41. The number of unbranched alkanes of at least 4 members (excludes halogenated alkanes) is 2. The standard InChI is InChI=1S/C30H35N3O7S/c1-2-3-5-13-27(34)40-21-32-18-14-23-24(28(32)35)11-8-12-25(23)41(37,38)33-19-15-26(30(33)16-17-30)31-29(36)39-20-22-9-6-4-7-10-22/h4,6-12,14,18,26H,2-3,5,13,15-17,19-21H2,1H3,(H,31,36). The fourth-order valence-corrected chi connectivity index (χ4v) is 7.66. The molecule has 1 atom stereocenters. The molecule has 41 heavy (non-hydrogen) atoms. The molecule has 0 bridgehead atoms. The summed E-state index contributed by atoms with van der Waals surface area (Å²) >= 11 is 0. The van der Waals surface area contributed by atoms with E-state index in [2.05, 4.69) is 5.32 Å². The van der Waals surface area contributed by atoms with Crippen LogP contribution in [0.3, 0.4) is 0 Å². The molecule has 11 heteroatoms. The molecule has 1 N–H and O–H groups in total. The van der Waals surface area contributed by atoms with Crippen LogP contribution in [0, 0.1) is 0 Å². The van der Waals surface area contributed by atoms with Crippen molar-refractivity contribution in [3.8, 4) is 0 Å². The van der Waals surface area contributed by atoms with Crippen LogP contribution in [-0.4, -0.2) is 47.5 Å². The molecule has 1 aliphatic heterocycles. The number of amides is 1. The third kappa shape index (κ3) is 6.01. The first-order valence-corrected chi connectivity index (χ1v) is 15.5. The van der Waals surface area contributed by atoms with Crippen LogP contribution >= 0.6 is 0 Å². The molecule has 2 aromatic carbocycles. The van der Waals surface area contributed by atoms with Gasteiger partial charge in [0.15, 0.2) is 6.73 Å². The molecule has 2 fully saturated rings. The highest BCUT2D eigenvalue weighted by Crippen LogP contribution is 2.52. The SMILES string of the molecule is CCCCCC(=O)OCn1ccc2c(S(=O)(=O)N3CCC(NC(=O)OCc4ccccc4)C34CC4)cccc2c1=O. The van der Waals surface area contributed by atoms with Gasteiger partial charge in [-0.2, -0.15) is 4.31 Å². The van der Waals surface area contributed by atoms with Crippen molar-refractivity contribution < 1.29 is 27.5 Å². The maximum Gasteiger partial charge on any atom is 0.407 e. The van der Waals surface area contributed by atoms with Crippen LogP contribution in [0.1, 0.15) is 57.4 Å². The summed E-state index contributed by atoms with van der Waals surface area (Å²) in [4.78, 5) is 37.8. The Labute approximate surface area is 239 Å². The molecule has 5 rings (SSSR count). The van der Waals surface area contributed by atoms with Gasteiger partial charge >= 0.3 is 12.1 Å². The van der Waals surface area contributed by atoms with Gasteiger partial charge in [-0.05, 0) is 49.4 Å². The molecule has 1 spiro atoms. The van der Waals surface area contributed by atoms with Crippen LogP contribution in [0.5, 0.6) is 0 Å². The molecule has 1 saturated heterocycles. The van der Waals surface area contributed by atoms with Gasteiger partial charge in [0.05, 0.1) is 16.5 Å². The molecule has 3 aromatic rings. The lowest BCUT2D eigenvalue weighted by atomic mass is 10.1. The zero-order valence-electron chi connectivity index (χ0n) is 23.1. The smallest absolute Gasteiger partial charge is 0.407 e. The lowest BCUT2D eigenvalue weighted by Gasteiger charge is -2.28. The van der Waals surface area contributed by atoms with Gasteiger partial charge < -0.3 is 14.8 Å². The summed E-state index contributed by atoms with van der Waals surface area (Å²) in [7, 11) is -3.99. The largest absolute Gasteiger partial charge is 0.445 e. The summed E-state index contributed by atoms with van der Waals surface area (Å²) in [5.41, 5.74) is -0.294. The van der Waals surface area contributed by atoms with Crippen molar-refractivity contribution in [3.63, 3.8) is 0 Å². The van der Waals surface area contributed by atoms with Gasteiger partial charge in [0.2, 0.25) is 10.0 Å². The fraction of sp³-hybridized carbons (Fsp3) is 0.433. The summed E-state index contributed by atoms with van der Waals surface area (Å²) < 4.78 is 41.3. The zero-order valence-corrected chi connectivity index (χ0v) is 23.9. The summed E-state index contributed by atoms with van der Waals surface area (Å²) in [5.74, 6) is -0.377. The number of hydrogen-bond acceptors (Lipinski definition) is 7. The van der Waals surface area contributed by atoms with E-state index in [9.17, 15) is 22.8 Å². The minimum Gasteiger partial charge on any atom is -0.445 e.